The number of benzene rings is 2. The predicted molar refractivity (Wildman–Crippen MR) is 151 cm³/mol. The Morgan fingerprint density at radius 1 is 0.658 bits per heavy atom. The van der Waals surface area contributed by atoms with Crippen LogP contribution in [0.2, 0.25) is 0 Å². The Labute approximate surface area is 227 Å². The van der Waals surface area contributed by atoms with Crippen molar-refractivity contribution in [3.63, 3.8) is 0 Å². The first-order valence-corrected chi connectivity index (χ1v) is 13.2. The first-order chi connectivity index (χ1) is 18.4. The summed E-state index contributed by atoms with van der Waals surface area (Å²) in [7, 11) is 0. The van der Waals surface area contributed by atoms with Gasteiger partial charge in [-0.2, -0.15) is 0 Å². The van der Waals surface area contributed by atoms with Crippen molar-refractivity contribution in [1.29, 1.82) is 0 Å². The topological polar surface area (TPSA) is 76.7 Å². The Hall–Kier alpha value is -3.58. The molecule has 2 aromatic rings. The minimum atomic E-state index is -0.101. The third kappa shape index (κ3) is 12.1. The SMILES string of the molecule is CC(C)C(=O)NC(CCOCC#CC#CCOCCC(NC(=O)C(C)C)c1ccccc1)c1ccccc1. The highest BCUT2D eigenvalue weighted by molar-refractivity contribution is 5.78. The predicted octanol–water partition coefficient (Wildman–Crippen LogP) is 4.83. The first-order valence-electron chi connectivity index (χ1n) is 13.2. The van der Waals surface area contributed by atoms with Crippen LogP contribution in [0.5, 0.6) is 0 Å². The number of hydrogen-bond donors (Lipinski definition) is 2. The molecular weight excluding hydrogens is 476 g/mol. The van der Waals surface area contributed by atoms with Gasteiger partial charge in [0.2, 0.25) is 11.8 Å². The monoisotopic (exact) mass is 516 g/mol. The summed E-state index contributed by atoms with van der Waals surface area (Å²) in [6.45, 7) is 8.99. The Kier molecular flexibility index (Phi) is 14.4. The van der Waals surface area contributed by atoms with E-state index in [1.807, 2.05) is 88.4 Å². The van der Waals surface area contributed by atoms with Gasteiger partial charge < -0.3 is 20.1 Å². The Morgan fingerprint density at radius 2 is 1.03 bits per heavy atom. The van der Waals surface area contributed by atoms with E-state index >= 15 is 0 Å². The van der Waals surface area contributed by atoms with E-state index in [1.165, 1.54) is 0 Å². The van der Waals surface area contributed by atoms with Crippen LogP contribution >= 0.6 is 0 Å². The molecule has 6 heteroatoms. The van der Waals surface area contributed by atoms with Gasteiger partial charge in [-0.05, 0) is 35.8 Å². The molecule has 0 radical (unpaired) electrons. The van der Waals surface area contributed by atoms with Crippen LogP contribution in [0.15, 0.2) is 60.7 Å². The summed E-state index contributed by atoms with van der Waals surface area (Å²) in [6.07, 6.45) is 1.32. The number of hydrogen-bond acceptors (Lipinski definition) is 4. The fraction of sp³-hybridized carbons (Fsp3) is 0.438. The summed E-state index contributed by atoms with van der Waals surface area (Å²) in [5.41, 5.74) is 2.11. The van der Waals surface area contributed by atoms with E-state index in [0.29, 0.717) is 26.1 Å². The third-order valence-corrected chi connectivity index (χ3v) is 5.78. The molecule has 0 saturated carbocycles. The van der Waals surface area contributed by atoms with Crippen LogP contribution in [-0.2, 0) is 19.1 Å². The van der Waals surface area contributed by atoms with Crippen molar-refractivity contribution in [3.05, 3.63) is 71.8 Å². The van der Waals surface area contributed by atoms with Crippen LogP contribution in [-0.4, -0.2) is 38.2 Å². The van der Waals surface area contributed by atoms with Gasteiger partial charge in [-0.3, -0.25) is 9.59 Å². The van der Waals surface area contributed by atoms with Crippen molar-refractivity contribution >= 4 is 11.8 Å². The van der Waals surface area contributed by atoms with Crippen molar-refractivity contribution in [1.82, 2.24) is 10.6 Å². The molecule has 2 aromatic carbocycles. The third-order valence-electron chi connectivity index (χ3n) is 5.78. The van der Waals surface area contributed by atoms with E-state index in [-0.39, 0.29) is 48.9 Å². The van der Waals surface area contributed by atoms with E-state index in [0.717, 1.165) is 11.1 Å². The lowest BCUT2D eigenvalue weighted by Crippen LogP contribution is -2.32. The summed E-state index contributed by atoms with van der Waals surface area (Å²) >= 11 is 0. The van der Waals surface area contributed by atoms with E-state index in [4.69, 9.17) is 9.47 Å². The van der Waals surface area contributed by atoms with Gasteiger partial charge in [-0.25, -0.2) is 0 Å². The molecule has 0 aromatic heterocycles. The van der Waals surface area contributed by atoms with Crippen molar-refractivity contribution < 1.29 is 19.1 Å². The van der Waals surface area contributed by atoms with E-state index in [1.54, 1.807) is 0 Å². The minimum absolute atomic E-state index is 0.0204. The fourth-order valence-electron chi connectivity index (χ4n) is 3.50. The molecular formula is C32H40N2O4. The highest BCUT2D eigenvalue weighted by Gasteiger charge is 2.17. The minimum Gasteiger partial charge on any atom is -0.369 e. The largest absolute Gasteiger partial charge is 0.369 e. The van der Waals surface area contributed by atoms with Gasteiger partial charge in [0.25, 0.3) is 0 Å². The quantitative estimate of drug-likeness (QED) is 0.278. The first kappa shape index (κ1) is 30.6. The molecule has 2 unspecified atom stereocenters. The van der Waals surface area contributed by atoms with Crippen LogP contribution in [0.4, 0.5) is 0 Å². The van der Waals surface area contributed by atoms with E-state index in [9.17, 15) is 9.59 Å². The molecule has 0 aliphatic carbocycles. The fourth-order valence-corrected chi connectivity index (χ4v) is 3.50. The summed E-state index contributed by atoms with van der Waals surface area (Å²) in [5.74, 6) is 11.2. The molecule has 2 rings (SSSR count). The maximum Gasteiger partial charge on any atom is 0.223 e. The van der Waals surface area contributed by atoms with Gasteiger partial charge in [0.1, 0.15) is 13.2 Å². The summed E-state index contributed by atoms with van der Waals surface area (Å²) in [6, 6.07) is 19.6. The lowest BCUT2D eigenvalue weighted by atomic mass is 10.0. The Morgan fingerprint density at radius 3 is 1.37 bits per heavy atom. The zero-order valence-corrected chi connectivity index (χ0v) is 23.0. The molecule has 0 saturated heterocycles. The van der Waals surface area contributed by atoms with E-state index in [2.05, 4.69) is 34.3 Å². The number of carbonyl (C=O) groups excluding carboxylic acids is 2. The van der Waals surface area contributed by atoms with Crippen molar-refractivity contribution in [2.45, 2.75) is 52.6 Å². The Balaban J connectivity index is 1.69. The standard InChI is InChI=1S/C32H40N2O4/c1-25(2)31(35)33-29(27-15-9-7-10-16-27)19-23-37-21-13-5-6-14-22-38-24-20-30(34-32(36)26(3)4)28-17-11-8-12-18-28/h7-12,15-18,25-26,29-30H,19-24H2,1-4H3,(H,33,35)(H,34,36). The average molecular weight is 517 g/mol. The highest BCUT2D eigenvalue weighted by Crippen LogP contribution is 2.18. The van der Waals surface area contributed by atoms with Crippen LogP contribution in [0.3, 0.4) is 0 Å². The van der Waals surface area contributed by atoms with Crippen LogP contribution in [0.1, 0.15) is 63.7 Å². The van der Waals surface area contributed by atoms with Crippen molar-refractivity contribution in [3.8, 4) is 23.7 Å². The van der Waals surface area contributed by atoms with Gasteiger partial charge in [0, 0.05) is 11.8 Å². The lowest BCUT2D eigenvalue weighted by molar-refractivity contribution is -0.125. The van der Waals surface area contributed by atoms with E-state index < -0.39 is 0 Å². The lowest BCUT2D eigenvalue weighted by Gasteiger charge is -2.20. The molecule has 2 N–H and O–H groups in total. The highest BCUT2D eigenvalue weighted by atomic mass is 16.5. The van der Waals surface area contributed by atoms with Crippen molar-refractivity contribution in [2.75, 3.05) is 26.4 Å². The normalized spacial score (nSPS) is 12.1. The molecule has 0 fully saturated rings. The summed E-state index contributed by atoms with van der Waals surface area (Å²) in [4.78, 5) is 24.4. The summed E-state index contributed by atoms with van der Waals surface area (Å²) in [5, 5.41) is 6.17. The molecule has 2 atom stereocenters. The second-order valence-corrected chi connectivity index (χ2v) is 9.54. The van der Waals surface area contributed by atoms with Gasteiger partial charge in [0.05, 0.1) is 25.3 Å². The second-order valence-electron chi connectivity index (χ2n) is 9.54. The second kappa shape index (κ2) is 17.8. The zero-order valence-electron chi connectivity index (χ0n) is 23.0. The van der Waals surface area contributed by atoms with Crippen molar-refractivity contribution in [2.24, 2.45) is 11.8 Å². The molecule has 0 bridgehead atoms. The molecule has 0 aliphatic heterocycles. The maximum absolute atomic E-state index is 12.2. The number of nitrogens with one attached hydrogen (secondary N) is 2. The molecule has 202 valence electrons. The molecule has 2 amide bonds. The van der Waals surface area contributed by atoms with Gasteiger partial charge in [-0.1, -0.05) is 100 Å². The Bertz CT molecular complexity index is 1000. The molecule has 0 heterocycles. The number of rotatable bonds is 14. The molecule has 38 heavy (non-hydrogen) atoms. The number of amides is 2. The molecule has 0 aliphatic rings. The number of ether oxygens (including phenoxy) is 2. The van der Waals surface area contributed by atoms with Gasteiger partial charge >= 0.3 is 0 Å². The maximum atomic E-state index is 12.2. The molecule has 6 nitrogen and oxygen atoms in total. The van der Waals surface area contributed by atoms with Crippen LogP contribution < -0.4 is 10.6 Å². The number of carbonyl (C=O) groups is 2. The van der Waals surface area contributed by atoms with Crippen LogP contribution in [0.25, 0.3) is 0 Å². The summed E-state index contributed by atoms with van der Waals surface area (Å²) < 4.78 is 11.3. The zero-order chi connectivity index (χ0) is 27.6. The van der Waals surface area contributed by atoms with Gasteiger partial charge in [0.15, 0.2) is 0 Å². The smallest absolute Gasteiger partial charge is 0.223 e. The van der Waals surface area contributed by atoms with Gasteiger partial charge in [-0.15, -0.1) is 0 Å². The average Bonchev–Trinajstić information content (AvgIpc) is 2.92. The van der Waals surface area contributed by atoms with Crippen LogP contribution in [0, 0.1) is 35.5 Å². The molecule has 0 spiro atoms.